The second kappa shape index (κ2) is 7.79. The lowest BCUT2D eigenvalue weighted by Crippen LogP contribution is -2.13. The van der Waals surface area contributed by atoms with E-state index in [1.165, 1.54) is 0 Å². The van der Waals surface area contributed by atoms with Crippen molar-refractivity contribution in [2.75, 3.05) is 18.5 Å². The first-order valence-electron chi connectivity index (χ1n) is 8.51. The van der Waals surface area contributed by atoms with Gasteiger partial charge in [0.25, 0.3) is 0 Å². The largest absolute Gasteiger partial charge is 0.462 e. The summed E-state index contributed by atoms with van der Waals surface area (Å²) in [7, 11) is 0. The molecule has 7 nitrogen and oxygen atoms in total. The molecule has 3 rings (SSSR count). The van der Waals surface area contributed by atoms with E-state index in [2.05, 4.69) is 5.32 Å². The molecule has 0 saturated carbocycles. The summed E-state index contributed by atoms with van der Waals surface area (Å²) in [6, 6.07) is 7.00. The lowest BCUT2D eigenvalue weighted by atomic mass is 10.1. The van der Waals surface area contributed by atoms with Crippen LogP contribution in [0.25, 0.3) is 0 Å². The number of esters is 3. The monoisotopic (exact) mass is 389 g/mol. The number of rotatable bonds is 6. The van der Waals surface area contributed by atoms with Crippen LogP contribution >= 0.6 is 11.3 Å². The van der Waals surface area contributed by atoms with E-state index >= 15 is 0 Å². The normalized spacial score (nSPS) is 15.1. The van der Waals surface area contributed by atoms with E-state index < -0.39 is 24.1 Å². The van der Waals surface area contributed by atoms with Gasteiger partial charge in [-0.2, -0.15) is 0 Å². The van der Waals surface area contributed by atoms with E-state index in [4.69, 9.17) is 14.2 Å². The molecule has 1 aliphatic heterocycles. The van der Waals surface area contributed by atoms with E-state index in [0.29, 0.717) is 26.6 Å². The van der Waals surface area contributed by atoms with Crippen LogP contribution in [-0.4, -0.2) is 31.1 Å². The number of benzene rings is 1. The highest BCUT2D eigenvalue weighted by Crippen LogP contribution is 2.39. The van der Waals surface area contributed by atoms with E-state index in [0.717, 1.165) is 11.3 Å². The number of fused-ring (bicyclic) bond motifs is 1. The number of thiophene rings is 1. The lowest BCUT2D eigenvalue weighted by molar-refractivity contribution is 0.0436. The van der Waals surface area contributed by atoms with Crippen molar-refractivity contribution in [3.8, 4) is 0 Å². The summed E-state index contributed by atoms with van der Waals surface area (Å²) >= 11 is 1.07. The molecule has 2 heterocycles. The van der Waals surface area contributed by atoms with Crippen LogP contribution in [0.4, 0.5) is 5.00 Å². The van der Waals surface area contributed by atoms with Gasteiger partial charge in [0.2, 0.25) is 6.23 Å². The maximum atomic E-state index is 12.4. The van der Waals surface area contributed by atoms with Gasteiger partial charge in [0.15, 0.2) is 0 Å². The number of nitrogens with one attached hydrogen (secondary N) is 1. The zero-order valence-corrected chi connectivity index (χ0v) is 16.0. The van der Waals surface area contributed by atoms with Crippen LogP contribution in [0.15, 0.2) is 24.3 Å². The number of cyclic esters (lactones) is 1. The lowest BCUT2D eigenvalue weighted by Gasteiger charge is -2.14. The molecule has 1 atom stereocenters. The molecule has 1 aromatic carbocycles. The Morgan fingerprint density at radius 1 is 1.15 bits per heavy atom. The third kappa shape index (κ3) is 3.52. The zero-order valence-electron chi connectivity index (χ0n) is 15.2. The molecule has 0 aliphatic carbocycles. The zero-order chi connectivity index (χ0) is 19.6. The van der Waals surface area contributed by atoms with Crippen LogP contribution in [-0.2, 0) is 14.2 Å². The molecule has 0 amide bonds. The fraction of sp³-hybridized carbons (Fsp3) is 0.316. The number of hydrogen-bond donors (Lipinski definition) is 1. The van der Waals surface area contributed by atoms with Gasteiger partial charge in [-0.25, -0.2) is 14.4 Å². The van der Waals surface area contributed by atoms with Crippen LogP contribution < -0.4 is 5.32 Å². The second-order valence-electron chi connectivity index (χ2n) is 5.72. The molecule has 0 fully saturated rings. The fourth-order valence-corrected chi connectivity index (χ4v) is 3.93. The Balaban J connectivity index is 1.99. The van der Waals surface area contributed by atoms with Gasteiger partial charge in [0.1, 0.15) is 9.88 Å². The first-order valence-corrected chi connectivity index (χ1v) is 9.33. The first kappa shape index (κ1) is 18.9. The van der Waals surface area contributed by atoms with Gasteiger partial charge in [-0.1, -0.05) is 18.2 Å². The Morgan fingerprint density at radius 3 is 2.52 bits per heavy atom. The van der Waals surface area contributed by atoms with Gasteiger partial charge >= 0.3 is 17.9 Å². The van der Waals surface area contributed by atoms with Gasteiger partial charge in [0, 0.05) is 5.56 Å². The standard InChI is InChI=1S/C19H19NO6S/c1-4-24-18(22)13-10(3)14(19(23)25-5-2)27-16(13)20-15-11-8-6-7-9-12(11)17(21)26-15/h6-9,15,20H,4-5H2,1-3H3/t15-/m1/s1. The summed E-state index contributed by atoms with van der Waals surface area (Å²) in [5.41, 5.74) is 1.84. The molecule has 1 aliphatic rings. The molecular formula is C19H19NO6S. The van der Waals surface area contributed by atoms with Crippen LogP contribution in [0.5, 0.6) is 0 Å². The molecule has 0 bridgehead atoms. The van der Waals surface area contributed by atoms with Crippen molar-refractivity contribution in [3.63, 3.8) is 0 Å². The Kier molecular flexibility index (Phi) is 5.46. The smallest absolute Gasteiger partial charge is 0.348 e. The molecular weight excluding hydrogens is 370 g/mol. The summed E-state index contributed by atoms with van der Waals surface area (Å²) in [6.45, 7) is 5.49. The van der Waals surface area contributed by atoms with Gasteiger partial charge in [-0.15, -0.1) is 11.3 Å². The molecule has 0 saturated heterocycles. The Labute approximate surface area is 160 Å². The predicted octanol–water partition coefficient (Wildman–Crippen LogP) is 3.69. The van der Waals surface area contributed by atoms with Crippen LogP contribution in [0.1, 0.15) is 61.6 Å². The summed E-state index contributed by atoms with van der Waals surface area (Å²) in [5, 5.41) is 3.45. The highest BCUT2D eigenvalue weighted by atomic mass is 32.1. The predicted molar refractivity (Wildman–Crippen MR) is 99.2 cm³/mol. The summed E-state index contributed by atoms with van der Waals surface area (Å²) in [4.78, 5) is 37.0. The van der Waals surface area contributed by atoms with Gasteiger partial charge in [-0.05, 0) is 32.4 Å². The number of carbonyl (C=O) groups excluding carboxylic acids is 3. The highest BCUT2D eigenvalue weighted by Gasteiger charge is 2.33. The Morgan fingerprint density at radius 2 is 1.81 bits per heavy atom. The minimum absolute atomic E-state index is 0.198. The van der Waals surface area contributed by atoms with Crippen molar-refractivity contribution in [3.05, 3.63) is 51.4 Å². The van der Waals surface area contributed by atoms with Crippen LogP contribution in [0.2, 0.25) is 0 Å². The number of carbonyl (C=O) groups is 3. The topological polar surface area (TPSA) is 90.9 Å². The van der Waals surface area contributed by atoms with Crippen LogP contribution in [0.3, 0.4) is 0 Å². The molecule has 0 spiro atoms. The quantitative estimate of drug-likeness (QED) is 0.595. The van der Waals surface area contributed by atoms with Gasteiger partial charge in [0.05, 0.1) is 24.3 Å². The summed E-state index contributed by atoms with van der Waals surface area (Å²) < 4.78 is 15.6. The van der Waals surface area contributed by atoms with Crippen molar-refractivity contribution in [1.82, 2.24) is 0 Å². The van der Waals surface area contributed by atoms with Crippen molar-refractivity contribution >= 4 is 34.2 Å². The SMILES string of the molecule is CCOC(=O)c1sc(N[C@@H]2OC(=O)c3ccccc32)c(C(=O)OCC)c1C. The molecule has 0 unspecified atom stereocenters. The average molecular weight is 389 g/mol. The molecule has 2 aromatic rings. The van der Waals surface area contributed by atoms with Crippen molar-refractivity contribution < 1.29 is 28.6 Å². The molecule has 1 N–H and O–H groups in total. The second-order valence-corrected chi connectivity index (χ2v) is 6.74. The van der Waals surface area contributed by atoms with Crippen molar-refractivity contribution in [2.45, 2.75) is 27.0 Å². The Hall–Kier alpha value is -2.87. The summed E-state index contributed by atoms with van der Waals surface area (Å²) in [6.07, 6.45) is -0.755. The van der Waals surface area contributed by atoms with Crippen LogP contribution in [0, 0.1) is 6.92 Å². The highest BCUT2D eigenvalue weighted by molar-refractivity contribution is 7.18. The van der Waals surface area contributed by atoms with E-state index in [1.54, 1.807) is 45.0 Å². The first-order chi connectivity index (χ1) is 13.0. The summed E-state index contributed by atoms with van der Waals surface area (Å²) in [5.74, 6) is -1.51. The maximum Gasteiger partial charge on any atom is 0.348 e. The van der Waals surface area contributed by atoms with E-state index in [9.17, 15) is 14.4 Å². The number of hydrogen-bond acceptors (Lipinski definition) is 8. The van der Waals surface area contributed by atoms with Gasteiger partial charge in [-0.3, -0.25) is 0 Å². The molecule has 142 valence electrons. The minimum atomic E-state index is -0.755. The minimum Gasteiger partial charge on any atom is -0.462 e. The third-order valence-electron chi connectivity index (χ3n) is 4.04. The molecule has 1 aromatic heterocycles. The Bertz CT molecular complexity index is 904. The van der Waals surface area contributed by atoms with E-state index in [1.807, 2.05) is 0 Å². The maximum absolute atomic E-state index is 12.4. The number of ether oxygens (including phenoxy) is 3. The van der Waals surface area contributed by atoms with E-state index in [-0.39, 0.29) is 18.8 Å². The number of anilines is 1. The molecule has 8 heteroatoms. The molecule has 0 radical (unpaired) electrons. The molecule has 27 heavy (non-hydrogen) atoms. The average Bonchev–Trinajstić information content (AvgIpc) is 3.13. The van der Waals surface area contributed by atoms with Gasteiger partial charge < -0.3 is 19.5 Å². The third-order valence-corrected chi connectivity index (χ3v) is 5.24. The van der Waals surface area contributed by atoms with Crippen molar-refractivity contribution in [2.24, 2.45) is 0 Å². The van der Waals surface area contributed by atoms with Crippen molar-refractivity contribution in [1.29, 1.82) is 0 Å². The fourth-order valence-electron chi connectivity index (χ4n) is 2.83.